The van der Waals surface area contributed by atoms with Gasteiger partial charge in [-0.05, 0) is 39.7 Å². The van der Waals surface area contributed by atoms with Gasteiger partial charge in [0.15, 0.2) is 5.96 Å². The average molecular weight is 431 g/mol. The number of piperazine rings is 1. The highest BCUT2D eigenvalue weighted by Crippen LogP contribution is 2.13. The van der Waals surface area contributed by atoms with E-state index in [1.54, 1.807) is 12.4 Å². The number of amides is 1. The lowest BCUT2D eigenvalue weighted by atomic mass is 10.0. The number of carbonyl (C=O) groups is 1. The van der Waals surface area contributed by atoms with Crippen LogP contribution in [0.25, 0.3) is 0 Å². The minimum Gasteiger partial charge on any atom is -0.357 e. The first kappa shape index (κ1) is 23.2. The number of hydrogen-bond acceptors (Lipinski definition) is 6. The molecule has 0 radical (unpaired) electrons. The van der Waals surface area contributed by atoms with Gasteiger partial charge in [-0.15, -0.1) is 0 Å². The maximum Gasteiger partial charge on any atom is 0.225 e. The molecule has 2 aliphatic heterocycles. The van der Waals surface area contributed by atoms with Crippen molar-refractivity contribution in [2.75, 3.05) is 57.3 Å². The van der Waals surface area contributed by atoms with Crippen LogP contribution in [0.3, 0.4) is 0 Å². The van der Waals surface area contributed by atoms with Crippen LogP contribution < -0.4 is 15.5 Å². The van der Waals surface area contributed by atoms with Crippen LogP contribution in [0.5, 0.6) is 0 Å². The van der Waals surface area contributed by atoms with Crippen molar-refractivity contribution in [2.45, 2.75) is 52.1 Å². The van der Waals surface area contributed by atoms with E-state index >= 15 is 0 Å². The minimum atomic E-state index is 0.165. The summed E-state index contributed by atoms with van der Waals surface area (Å²) in [5.41, 5.74) is 0. The first-order valence-electron chi connectivity index (χ1n) is 11.7. The van der Waals surface area contributed by atoms with E-state index in [0.29, 0.717) is 38.1 Å². The molecule has 1 aromatic heterocycles. The Morgan fingerprint density at radius 3 is 2.42 bits per heavy atom. The van der Waals surface area contributed by atoms with Crippen molar-refractivity contribution in [3.05, 3.63) is 18.5 Å². The van der Waals surface area contributed by atoms with Crippen LogP contribution in [-0.4, -0.2) is 96.1 Å². The normalized spacial score (nSPS) is 19.0. The largest absolute Gasteiger partial charge is 0.357 e. The Hall–Kier alpha value is -2.42. The molecule has 3 heterocycles. The van der Waals surface area contributed by atoms with E-state index in [4.69, 9.17) is 0 Å². The molecule has 172 valence electrons. The molecular formula is C22H38N8O. The van der Waals surface area contributed by atoms with Crippen molar-refractivity contribution in [3.63, 3.8) is 0 Å². The Kier molecular flexibility index (Phi) is 8.87. The summed E-state index contributed by atoms with van der Waals surface area (Å²) in [6.45, 7) is 13.1. The molecule has 2 N–H and O–H groups in total. The molecule has 1 amide bonds. The summed E-state index contributed by atoms with van der Waals surface area (Å²) in [6.07, 6.45) is 6.18. The lowest BCUT2D eigenvalue weighted by Gasteiger charge is -2.35. The van der Waals surface area contributed by atoms with Gasteiger partial charge in [0.1, 0.15) is 0 Å². The third-order valence-corrected chi connectivity index (χ3v) is 6.01. The van der Waals surface area contributed by atoms with E-state index in [0.717, 1.165) is 57.5 Å². The molecule has 2 fully saturated rings. The number of hydrogen-bond donors (Lipinski definition) is 2. The lowest BCUT2D eigenvalue weighted by Crippen LogP contribution is -2.50. The molecule has 0 saturated carbocycles. The van der Waals surface area contributed by atoms with Crippen molar-refractivity contribution in [1.82, 2.24) is 30.4 Å². The van der Waals surface area contributed by atoms with E-state index in [-0.39, 0.29) is 5.91 Å². The first-order valence-corrected chi connectivity index (χ1v) is 11.7. The third-order valence-electron chi connectivity index (χ3n) is 6.01. The molecule has 3 rings (SSSR count). The summed E-state index contributed by atoms with van der Waals surface area (Å²) in [4.78, 5) is 32.5. The Bertz CT molecular complexity index is 695. The second-order valence-electron chi connectivity index (χ2n) is 8.48. The van der Waals surface area contributed by atoms with E-state index < -0.39 is 0 Å². The van der Waals surface area contributed by atoms with Gasteiger partial charge >= 0.3 is 0 Å². The summed E-state index contributed by atoms with van der Waals surface area (Å²) in [5, 5.41) is 6.88. The van der Waals surface area contributed by atoms with Crippen LogP contribution in [0.4, 0.5) is 5.95 Å². The number of rotatable bonds is 7. The molecule has 0 aliphatic carbocycles. The molecule has 0 bridgehead atoms. The Balaban J connectivity index is 1.41. The number of nitrogens with one attached hydrogen (secondary N) is 2. The van der Waals surface area contributed by atoms with Crippen LogP contribution in [0.1, 0.15) is 40.0 Å². The van der Waals surface area contributed by atoms with Crippen molar-refractivity contribution in [3.8, 4) is 0 Å². The predicted molar refractivity (Wildman–Crippen MR) is 124 cm³/mol. The SMILES string of the molecule is CCNC(=NCCC(=O)N1CCN(c2ncccn2)CC1)NC1CCN(C(C)C)CC1. The summed E-state index contributed by atoms with van der Waals surface area (Å²) < 4.78 is 0. The van der Waals surface area contributed by atoms with Crippen LogP contribution in [0, 0.1) is 0 Å². The fourth-order valence-electron chi connectivity index (χ4n) is 4.11. The van der Waals surface area contributed by atoms with Crippen LogP contribution in [0.2, 0.25) is 0 Å². The van der Waals surface area contributed by atoms with Gasteiger partial charge in [-0.3, -0.25) is 9.79 Å². The molecule has 1 aromatic rings. The lowest BCUT2D eigenvalue weighted by molar-refractivity contribution is -0.131. The molecule has 0 atom stereocenters. The molecule has 31 heavy (non-hydrogen) atoms. The van der Waals surface area contributed by atoms with E-state index in [1.165, 1.54) is 0 Å². The Morgan fingerprint density at radius 1 is 1.13 bits per heavy atom. The second kappa shape index (κ2) is 11.8. The average Bonchev–Trinajstić information content (AvgIpc) is 2.80. The molecule has 9 nitrogen and oxygen atoms in total. The fourth-order valence-corrected chi connectivity index (χ4v) is 4.11. The number of guanidine groups is 1. The van der Waals surface area contributed by atoms with Gasteiger partial charge in [0, 0.05) is 76.7 Å². The molecular weight excluding hydrogens is 392 g/mol. The molecule has 2 aliphatic rings. The van der Waals surface area contributed by atoms with Gasteiger partial charge < -0.3 is 25.3 Å². The van der Waals surface area contributed by atoms with E-state index in [9.17, 15) is 4.79 Å². The summed E-state index contributed by atoms with van der Waals surface area (Å²) in [6, 6.07) is 2.86. The second-order valence-corrected chi connectivity index (χ2v) is 8.48. The molecule has 2 saturated heterocycles. The van der Waals surface area contributed by atoms with Crippen molar-refractivity contribution in [1.29, 1.82) is 0 Å². The molecule has 0 spiro atoms. The maximum absolute atomic E-state index is 12.6. The number of nitrogens with zero attached hydrogens (tertiary/aromatic N) is 6. The van der Waals surface area contributed by atoms with Gasteiger partial charge in [-0.2, -0.15) is 0 Å². The van der Waals surface area contributed by atoms with E-state index in [1.807, 2.05) is 11.0 Å². The smallest absolute Gasteiger partial charge is 0.225 e. The molecule has 9 heteroatoms. The summed E-state index contributed by atoms with van der Waals surface area (Å²) in [5.74, 6) is 1.72. The third kappa shape index (κ3) is 7.05. The van der Waals surface area contributed by atoms with E-state index in [2.05, 4.69) is 56.2 Å². The first-order chi connectivity index (χ1) is 15.1. The van der Waals surface area contributed by atoms with Gasteiger partial charge in [0.2, 0.25) is 11.9 Å². The highest BCUT2D eigenvalue weighted by Gasteiger charge is 2.23. The quantitative estimate of drug-likeness (QED) is 0.492. The number of likely N-dealkylation sites (tertiary alicyclic amines) is 1. The monoisotopic (exact) mass is 430 g/mol. The number of carbonyl (C=O) groups excluding carboxylic acids is 1. The standard InChI is InChI=1S/C22H38N8O/c1-4-23-21(27-19-7-12-28(13-8-19)18(2)3)24-11-6-20(31)29-14-16-30(17-15-29)22-25-9-5-10-26-22/h5,9-10,18-19H,4,6-8,11-17H2,1-3H3,(H2,23,24,27). The Morgan fingerprint density at radius 2 is 1.81 bits per heavy atom. The summed E-state index contributed by atoms with van der Waals surface area (Å²) >= 11 is 0. The zero-order valence-electron chi connectivity index (χ0n) is 19.3. The topological polar surface area (TPSA) is 89.0 Å². The highest BCUT2D eigenvalue weighted by molar-refractivity contribution is 5.81. The number of aromatic nitrogens is 2. The van der Waals surface area contributed by atoms with Crippen LogP contribution in [0.15, 0.2) is 23.5 Å². The number of anilines is 1. The van der Waals surface area contributed by atoms with Gasteiger partial charge in [-0.25, -0.2) is 9.97 Å². The minimum absolute atomic E-state index is 0.165. The van der Waals surface area contributed by atoms with Crippen molar-refractivity contribution in [2.24, 2.45) is 4.99 Å². The van der Waals surface area contributed by atoms with Crippen LogP contribution >= 0.6 is 0 Å². The highest BCUT2D eigenvalue weighted by atomic mass is 16.2. The van der Waals surface area contributed by atoms with Gasteiger partial charge in [0.25, 0.3) is 0 Å². The maximum atomic E-state index is 12.6. The van der Waals surface area contributed by atoms with Crippen molar-refractivity contribution < 1.29 is 4.79 Å². The van der Waals surface area contributed by atoms with Gasteiger partial charge in [0.05, 0.1) is 6.54 Å². The van der Waals surface area contributed by atoms with Crippen molar-refractivity contribution >= 4 is 17.8 Å². The zero-order chi connectivity index (χ0) is 22.1. The summed E-state index contributed by atoms with van der Waals surface area (Å²) in [7, 11) is 0. The molecule has 0 unspecified atom stereocenters. The van der Waals surface area contributed by atoms with Gasteiger partial charge in [-0.1, -0.05) is 0 Å². The number of aliphatic imine (C=N–C) groups is 1. The molecule has 0 aromatic carbocycles. The fraction of sp³-hybridized carbons (Fsp3) is 0.727. The zero-order valence-corrected chi connectivity index (χ0v) is 19.3. The Labute approximate surface area is 186 Å². The number of piperidine rings is 1. The predicted octanol–water partition coefficient (Wildman–Crippen LogP) is 0.943. The van der Waals surface area contributed by atoms with Crippen LogP contribution in [-0.2, 0) is 4.79 Å².